The van der Waals surface area contributed by atoms with Crippen molar-refractivity contribution in [3.05, 3.63) is 36.0 Å². The first-order valence-corrected chi connectivity index (χ1v) is 13.9. The van der Waals surface area contributed by atoms with E-state index in [9.17, 15) is 4.79 Å². The van der Waals surface area contributed by atoms with E-state index in [1.165, 1.54) is 12.8 Å². The number of likely N-dealkylation sites (tertiary alicyclic amines) is 1. The lowest BCUT2D eigenvalue weighted by Gasteiger charge is -2.23. The van der Waals surface area contributed by atoms with Crippen LogP contribution in [0.4, 0.5) is 0 Å². The van der Waals surface area contributed by atoms with Gasteiger partial charge in [0.05, 0.1) is 25.0 Å². The number of rotatable bonds is 9. The standard InChI is InChI=1S/C29H37N7O3/c1-5-19-16-35(17(2)25(19)30)29(37)21-12-22-27(31-14-21)34(10-11-38-3)28(32-22)23-13-20-8-9-24(39-4)33-26(20)36(23)15-18-6-7-18/h8-9,12-14,17-19,25H,5-7,10-11,15-16,30H2,1-4H3/t17-,19-,25+/m1/s1. The quantitative estimate of drug-likeness (QED) is 0.350. The van der Waals surface area contributed by atoms with E-state index < -0.39 is 0 Å². The fourth-order valence-electron chi connectivity index (χ4n) is 5.85. The number of nitrogens with two attached hydrogens (primary N) is 1. The van der Waals surface area contributed by atoms with Crippen LogP contribution in [0.25, 0.3) is 33.7 Å². The van der Waals surface area contributed by atoms with Gasteiger partial charge in [-0.05, 0) is 49.8 Å². The maximum atomic E-state index is 13.6. The molecule has 1 saturated heterocycles. The number of nitrogens with zero attached hydrogens (tertiary/aromatic N) is 6. The highest BCUT2D eigenvalue weighted by molar-refractivity contribution is 5.97. The number of methoxy groups -OCH3 is 2. The summed E-state index contributed by atoms with van der Waals surface area (Å²) in [6.07, 6.45) is 5.06. The number of carbonyl (C=O) groups excluding carboxylic acids is 1. The van der Waals surface area contributed by atoms with Crippen molar-refractivity contribution in [3.8, 4) is 17.4 Å². The van der Waals surface area contributed by atoms with Gasteiger partial charge in [0.1, 0.15) is 11.2 Å². The highest BCUT2D eigenvalue weighted by atomic mass is 16.5. The summed E-state index contributed by atoms with van der Waals surface area (Å²) in [6.45, 7) is 6.79. The lowest BCUT2D eigenvalue weighted by molar-refractivity contribution is 0.0739. The second kappa shape index (κ2) is 10.2. The Morgan fingerprint density at radius 2 is 1.95 bits per heavy atom. The third-order valence-electron chi connectivity index (χ3n) is 8.45. The number of hydrogen-bond donors (Lipinski definition) is 1. The molecule has 6 rings (SSSR count). The second-order valence-corrected chi connectivity index (χ2v) is 10.9. The molecule has 10 nitrogen and oxygen atoms in total. The molecule has 1 saturated carbocycles. The molecule has 1 aliphatic heterocycles. The van der Waals surface area contributed by atoms with Gasteiger partial charge in [0.25, 0.3) is 5.91 Å². The molecule has 1 amide bonds. The van der Waals surface area contributed by atoms with Gasteiger partial charge in [-0.15, -0.1) is 0 Å². The fraction of sp³-hybridized carbons (Fsp3) is 0.517. The molecule has 0 bridgehead atoms. The summed E-state index contributed by atoms with van der Waals surface area (Å²) in [7, 11) is 3.33. The molecule has 0 unspecified atom stereocenters. The van der Waals surface area contributed by atoms with E-state index in [1.807, 2.05) is 30.0 Å². The molecule has 3 atom stereocenters. The molecule has 4 aromatic rings. The van der Waals surface area contributed by atoms with Gasteiger partial charge in [0, 0.05) is 56.5 Å². The van der Waals surface area contributed by atoms with Gasteiger partial charge in [-0.25, -0.2) is 9.97 Å². The molecule has 0 radical (unpaired) electrons. The van der Waals surface area contributed by atoms with Gasteiger partial charge < -0.3 is 29.2 Å². The van der Waals surface area contributed by atoms with Crippen LogP contribution < -0.4 is 10.5 Å². The summed E-state index contributed by atoms with van der Waals surface area (Å²) in [4.78, 5) is 30.0. The van der Waals surface area contributed by atoms with E-state index in [1.54, 1.807) is 20.4 Å². The van der Waals surface area contributed by atoms with Gasteiger partial charge in [0.15, 0.2) is 11.5 Å². The Labute approximate surface area is 228 Å². The summed E-state index contributed by atoms with van der Waals surface area (Å²) in [6, 6.07) is 7.89. The Kier molecular flexibility index (Phi) is 6.76. The van der Waals surface area contributed by atoms with Crippen LogP contribution in [-0.2, 0) is 17.8 Å². The summed E-state index contributed by atoms with van der Waals surface area (Å²) >= 11 is 0. The van der Waals surface area contributed by atoms with Crippen molar-refractivity contribution in [1.82, 2.24) is 29.0 Å². The summed E-state index contributed by atoms with van der Waals surface area (Å²) in [5, 5.41) is 1.03. The number of pyridine rings is 2. The average molecular weight is 532 g/mol. The fourth-order valence-corrected chi connectivity index (χ4v) is 5.85. The van der Waals surface area contributed by atoms with E-state index in [-0.39, 0.29) is 18.0 Å². The Balaban J connectivity index is 1.45. The topological polar surface area (TPSA) is 113 Å². The third-order valence-corrected chi connectivity index (χ3v) is 8.45. The summed E-state index contributed by atoms with van der Waals surface area (Å²) in [5.41, 5.74) is 10.2. The van der Waals surface area contributed by atoms with E-state index >= 15 is 0 Å². The number of imidazole rings is 1. The predicted octanol–water partition coefficient (Wildman–Crippen LogP) is 3.71. The van der Waals surface area contributed by atoms with Gasteiger partial charge in [-0.3, -0.25) is 4.79 Å². The van der Waals surface area contributed by atoms with Gasteiger partial charge in [-0.1, -0.05) is 13.3 Å². The zero-order valence-corrected chi connectivity index (χ0v) is 23.1. The van der Waals surface area contributed by atoms with Gasteiger partial charge in [-0.2, -0.15) is 4.98 Å². The van der Waals surface area contributed by atoms with Crippen LogP contribution in [-0.4, -0.2) is 74.3 Å². The lowest BCUT2D eigenvalue weighted by atomic mass is 9.98. The van der Waals surface area contributed by atoms with Crippen LogP contribution in [0.3, 0.4) is 0 Å². The molecule has 2 N–H and O–H groups in total. The molecule has 1 aliphatic carbocycles. The minimum atomic E-state index is -0.0459. The normalized spacial score (nSPS) is 21.4. The zero-order valence-electron chi connectivity index (χ0n) is 23.1. The minimum absolute atomic E-state index is 0.0175. The van der Waals surface area contributed by atoms with Crippen molar-refractivity contribution in [1.29, 1.82) is 0 Å². The summed E-state index contributed by atoms with van der Waals surface area (Å²) in [5.74, 6) is 2.27. The van der Waals surface area contributed by atoms with Crippen LogP contribution in [0, 0.1) is 11.8 Å². The van der Waals surface area contributed by atoms with Crippen LogP contribution in [0.5, 0.6) is 5.88 Å². The number of amides is 1. The molecule has 206 valence electrons. The average Bonchev–Trinajstić information content (AvgIpc) is 3.51. The molecular formula is C29H37N7O3. The Morgan fingerprint density at radius 1 is 1.13 bits per heavy atom. The first-order chi connectivity index (χ1) is 18.9. The van der Waals surface area contributed by atoms with E-state index in [2.05, 4.69) is 22.1 Å². The maximum absolute atomic E-state index is 13.6. The Bertz CT molecular complexity index is 1520. The highest BCUT2D eigenvalue weighted by Gasteiger charge is 2.38. The van der Waals surface area contributed by atoms with Gasteiger partial charge >= 0.3 is 0 Å². The molecule has 2 aliphatic rings. The number of ether oxygens (including phenoxy) is 2. The van der Waals surface area contributed by atoms with Crippen LogP contribution in [0.1, 0.15) is 43.5 Å². The van der Waals surface area contributed by atoms with E-state index in [0.717, 1.165) is 41.2 Å². The van der Waals surface area contributed by atoms with Crippen LogP contribution in [0.15, 0.2) is 30.5 Å². The number of aromatic nitrogens is 5. The van der Waals surface area contributed by atoms with Crippen LogP contribution >= 0.6 is 0 Å². The monoisotopic (exact) mass is 531 g/mol. The van der Waals surface area contributed by atoms with E-state index in [0.29, 0.717) is 48.5 Å². The first-order valence-electron chi connectivity index (χ1n) is 13.9. The number of hydrogen-bond acceptors (Lipinski definition) is 7. The number of carbonyl (C=O) groups is 1. The molecule has 0 aromatic carbocycles. The lowest BCUT2D eigenvalue weighted by Crippen LogP contribution is -2.41. The van der Waals surface area contributed by atoms with Crippen molar-refractivity contribution in [3.63, 3.8) is 0 Å². The minimum Gasteiger partial charge on any atom is -0.481 e. The molecule has 39 heavy (non-hydrogen) atoms. The second-order valence-electron chi connectivity index (χ2n) is 10.9. The molecule has 4 aromatic heterocycles. The maximum Gasteiger partial charge on any atom is 0.255 e. The zero-order chi connectivity index (χ0) is 27.3. The first kappa shape index (κ1) is 25.8. The van der Waals surface area contributed by atoms with Crippen molar-refractivity contribution in [2.75, 3.05) is 27.4 Å². The molecule has 0 spiro atoms. The van der Waals surface area contributed by atoms with Crippen LogP contribution in [0.2, 0.25) is 0 Å². The number of fused-ring (bicyclic) bond motifs is 2. The third kappa shape index (κ3) is 4.55. The van der Waals surface area contributed by atoms with Crippen molar-refractivity contribution < 1.29 is 14.3 Å². The summed E-state index contributed by atoms with van der Waals surface area (Å²) < 4.78 is 15.2. The van der Waals surface area contributed by atoms with Crippen molar-refractivity contribution in [2.45, 2.75) is 58.3 Å². The molecular weight excluding hydrogens is 494 g/mol. The smallest absolute Gasteiger partial charge is 0.255 e. The van der Waals surface area contributed by atoms with E-state index in [4.69, 9.17) is 30.2 Å². The molecule has 2 fully saturated rings. The van der Waals surface area contributed by atoms with Gasteiger partial charge in [0.2, 0.25) is 5.88 Å². The SMILES string of the molecule is CC[C@@H]1CN(C(=O)c2cnc3c(c2)nc(-c2cc4ccc(OC)nc4n2CC2CC2)n3CCOC)[C@H](C)[C@@H]1N. The molecule has 5 heterocycles. The van der Waals surface area contributed by atoms with Crippen molar-refractivity contribution in [2.24, 2.45) is 17.6 Å². The Morgan fingerprint density at radius 3 is 2.64 bits per heavy atom. The predicted molar refractivity (Wildman–Crippen MR) is 150 cm³/mol. The van der Waals surface area contributed by atoms with Crippen molar-refractivity contribution >= 4 is 28.1 Å². The Hall–Kier alpha value is -3.50. The molecule has 10 heteroatoms. The highest BCUT2D eigenvalue weighted by Crippen LogP contribution is 2.36. The largest absolute Gasteiger partial charge is 0.481 e.